The van der Waals surface area contributed by atoms with Gasteiger partial charge in [-0.15, -0.1) is 0 Å². The van der Waals surface area contributed by atoms with E-state index < -0.39 is 12.1 Å². The first kappa shape index (κ1) is 23.5. The lowest BCUT2D eigenvalue weighted by molar-refractivity contribution is -0.123. The number of carbonyl (C=O) groups excluding carboxylic acids is 2. The summed E-state index contributed by atoms with van der Waals surface area (Å²) >= 11 is 1.59. The SMILES string of the molecule is CSCCC(NC(=O)c1cccc(C)c1)C(=O)NC(C)c1nc(-c2ccc(F)cc2)no1. The maximum atomic E-state index is 13.1. The van der Waals surface area contributed by atoms with Gasteiger partial charge in [0, 0.05) is 11.1 Å². The molecule has 2 unspecified atom stereocenters. The van der Waals surface area contributed by atoms with Crippen LogP contribution in [0, 0.1) is 12.7 Å². The molecule has 1 aromatic heterocycles. The summed E-state index contributed by atoms with van der Waals surface area (Å²) in [5.41, 5.74) is 2.06. The maximum Gasteiger partial charge on any atom is 0.251 e. The van der Waals surface area contributed by atoms with Gasteiger partial charge in [-0.05, 0) is 68.7 Å². The molecule has 0 aliphatic rings. The molecule has 168 valence electrons. The summed E-state index contributed by atoms with van der Waals surface area (Å²) in [5.74, 6) is 0.213. The van der Waals surface area contributed by atoms with Crippen LogP contribution in [0.2, 0.25) is 0 Å². The lowest BCUT2D eigenvalue weighted by Gasteiger charge is -2.20. The lowest BCUT2D eigenvalue weighted by Crippen LogP contribution is -2.47. The van der Waals surface area contributed by atoms with Crippen LogP contribution in [0.4, 0.5) is 4.39 Å². The average Bonchev–Trinajstić information content (AvgIpc) is 3.27. The Kier molecular flexibility index (Phi) is 7.99. The van der Waals surface area contributed by atoms with Crippen LogP contribution >= 0.6 is 11.8 Å². The second-order valence-electron chi connectivity index (χ2n) is 7.37. The van der Waals surface area contributed by atoms with E-state index in [1.807, 2.05) is 19.2 Å². The summed E-state index contributed by atoms with van der Waals surface area (Å²) in [4.78, 5) is 29.9. The van der Waals surface area contributed by atoms with Crippen LogP contribution in [-0.2, 0) is 4.79 Å². The molecule has 1 heterocycles. The van der Waals surface area contributed by atoms with Gasteiger partial charge < -0.3 is 15.2 Å². The molecule has 0 bridgehead atoms. The van der Waals surface area contributed by atoms with Gasteiger partial charge >= 0.3 is 0 Å². The smallest absolute Gasteiger partial charge is 0.251 e. The van der Waals surface area contributed by atoms with Crippen LogP contribution in [0.15, 0.2) is 53.1 Å². The zero-order valence-corrected chi connectivity index (χ0v) is 18.9. The first-order valence-electron chi connectivity index (χ1n) is 10.1. The third kappa shape index (κ3) is 6.16. The van der Waals surface area contributed by atoms with Gasteiger partial charge in [0.25, 0.3) is 5.91 Å². The largest absolute Gasteiger partial charge is 0.343 e. The van der Waals surface area contributed by atoms with Crippen molar-refractivity contribution < 1.29 is 18.5 Å². The van der Waals surface area contributed by atoms with Gasteiger partial charge in [-0.25, -0.2) is 4.39 Å². The number of hydrogen-bond acceptors (Lipinski definition) is 6. The number of aromatic nitrogens is 2. The molecule has 2 amide bonds. The van der Waals surface area contributed by atoms with Crippen LogP contribution in [0.25, 0.3) is 11.4 Å². The summed E-state index contributed by atoms with van der Waals surface area (Å²) in [5, 5.41) is 9.55. The van der Waals surface area contributed by atoms with E-state index in [9.17, 15) is 14.0 Å². The fraction of sp³-hybridized carbons (Fsp3) is 0.304. The molecule has 32 heavy (non-hydrogen) atoms. The number of nitrogens with zero attached hydrogens (tertiary/aromatic N) is 2. The Balaban J connectivity index is 1.67. The number of halogens is 1. The van der Waals surface area contributed by atoms with Crippen molar-refractivity contribution in [2.45, 2.75) is 32.4 Å². The van der Waals surface area contributed by atoms with E-state index in [4.69, 9.17) is 4.52 Å². The Morgan fingerprint density at radius 1 is 1.16 bits per heavy atom. The highest BCUT2D eigenvalue weighted by molar-refractivity contribution is 7.98. The fourth-order valence-corrected chi connectivity index (χ4v) is 3.51. The number of benzene rings is 2. The van der Waals surface area contributed by atoms with Crippen molar-refractivity contribution in [3.8, 4) is 11.4 Å². The van der Waals surface area contributed by atoms with Crippen LogP contribution < -0.4 is 10.6 Å². The van der Waals surface area contributed by atoms with Crippen molar-refractivity contribution in [2.75, 3.05) is 12.0 Å². The van der Waals surface area contributed by atoms with Crippen molar-refractivity contribution in [3.05, 3.63) is 71.4 Å². The molecule has 3 rings (SSSR count). The van der Waals surface area contributed by atoms with Gasteiger partial charge in [0.1, 0.15) is 17.9 Å². The predicted molar refractivity (Wildman–Crippen MR) is 122 cm³/mol. The Bertz CT molecular complexity index is 1070. The summed E-state index contributed by atoms with van der Waals surface area (Å²) in [7, 11) is 0. The Morgan fingerprint density at radius 2 is 1.91 bits per heavy atom. The molecule has 9 heteroatoms. The Labute approximate surface area is 190 Å². The van der Waals surface area contributed by atoms with Crippen molar-refractivity contribution in [1.29, 1.82) is 0 Å². The minimum absolute atomic E-state index is 0.214. The average molecular weight is 457 g/mol. The fourth-order valence-electron chi connectivity index (χ4n) is 3.04. The van der Waals surface area contributed by atoms with Gasteiger partial charge in [0.05, 0.1) is 0 Å². The van der Waals surface area contributed by atoms with E-state index in [1.165, 1.54) is 12.1 Å². The molecule has 0 aliphatic heterocycles. The first-order valence-corrected chi connectivity index (χ1v) is 11.5. The van der Waals surface area contributed by atoms with E-state index in [1.54, 1.807) is 49.0 Å². The number of rotatable bonds is 9. The molecule has 0 aliphatic carbocycles. The molecule has 0 saturated heterocycles. The third-order valence-electron chi connectivity index (χ3n) is 4.79. The quantitative estimate of drug-likeness (QED) is 0.507. The molecule has 0 saturated carbocycles. The standard InChI is InChI=1S/C23H25FN4O3S/c1-14-5-4-6-17(13-14)21(29)26-19(11-12-32-3)22(30)25-15(2)23-27-20(28-31-23)16-7-9-18(24)10-8-16/h4-10,13,15,19H,11-12H2,1-3H3,(H,25,30)(H,26,29). The zero-order valence-electron chi connectivity index (χ0n) is 18.1. The second-order valence-corrected chi connectivity index (χ2v) is 8.36. The van der Waals surface area contributed by atoms with Gasteiger partial charge in [-0.1, -0.05) is 22.9 Å². The minimum atomic E-state index is -0.711. The Morgan fingerprint density at radius 3 is 2.59 bits per heavy atom. The van der Waals surface area contributed by atoms with E-state index in [0.29, 0.717) is 29.1 Å². The van der Waals surface area contributed by atoms with Crippen LogP contribution in [0.5, 0.6) is 0 Å². The summed E-state index contributed by atoms with van der Waals surface area (Å²) < 4.78 is 18.4. The minimum Gasteiger partial charge on any atom is -0.343 e. The highest BCUT2D eigenvalue weighted by Crippen LogP contribution is 2.19. The first-order chi connectivity index (χ1) is 15.4. The molecule has 0 radical (unpaired) electrons. The van der Waals surface area contributed by atoms with Gasteiger partial charge in [-0.2, -0.15) is 16.7 Å². The number of hydrogen-bond donors (Lipinski definition) is 2. The molecule has 2 N–H and O–H groups in total. The molecule has 3 aromatic rings. The van der Waals surface area contributed by atoms with E-state index in [0.717, 1.165) is 5.56 Å². The zero-order chi connectivity index (χ0) is 23.1. The normalized spacial score (nSPS) is 12.8. The van der Waals surface area contributed by atoms with E-state index in [2.05, 4.69) is 20.8 Å². The molecule has 0 spiro atoms. The van der Waals surface area contributed by atoms with Crippen molar-refractivity contribution in [3.63, 3.8) is 0 Å². The number of carbonyl (C=O) groups is 2. The van der Waals surface area contributed by atoms with Crippen LogP contribution in [-0.4, -0.2) is 40.0 Å². The van der Waals surface area contributed by atoms with Gasteiger partial charge in [-0.3, -0.25) is 9.59 Å². The van der Waals surface area contributed by atoms with E-state index in [-0.39, 0.29) is 23.5 Å². The number of thioether (sulfide) groups is 1. The second kappa shape index (κ2) is 10.9. The number of nitrogens with one attached hydrogen (secondary N) is 2. The molecule has 7 nitrogen and oxygen atoms in total. The van der Waals surface area contributed by atoms with Gasteiger partial charge in [0.2, 0.25) is 17.6 Å². The lowest BCUT2D eigenvalue weighted by atomic mass is 10.1. The third-order valence-corrected chi connectivity index (χ3v) is 5.43. The van der Waals surface area contributed by atoms with Crippen LogP contribution in [0.1, 0.15) is 41.2 Å². The molecular weight excluding hydrogens is 431 g/mol. The topological polar surface area (TPSA) is 97.1 Å². The van der Waals surface area contributed by atoms with Crippen molar-refractivity contribution in [1.82, 2.24) is 20.8 Å². The molecule has 0 fully saturated rings. The monoisotopic (exact) mass is 456 g/mol. The number of aryl methyl sites for hydroxylation is 1. The highest BCUT2D eigenvalue weighted by atomic mass is 32.2. The van der Waals surface area contributed by atoms with Crippen LogP contribution in [0.3, 0.4) is 0 Å². The summed E-state index contributed by atoms with van der Waals surface area (Å²) in [6.07, 6.45) is 2.41. The molecule has 2 atom stereocenters. The molecular formula is C23H25FN4O3S. The van der Waals surface area contributed by atoms with Gasteiger partial charge in [0.15, 0.2) is 0 Å². The Hall–Kier alpha value is -3.20. The summed E-state index contributed by atoms with van der Waals surface area (Å²) in [6, 6.07) is 11.6. The summed E-state index contributed by atoms with van der Waals surface area (Å²) in [6.45, 7) is 3.62. The molecule has 2 aromatic carbocycles. The number of amides is 2. The van der Waals surface area contributed by atoms with Crippen molar-refractivity contribution in [2.24, 2.45) is 0 Å². The maximum absolute atomic E-state index is 13.1. The highest BCUT2D eigenvalue weighted by Gasteiger charge is 2.25. The van der Waals surface area contributed by atoms with E-state index >= 15 is 0 Å². The predicted octanol–water partition coefficient (Wildman–Crippen LogP) is 3.91. The van der Waals surface area contributed by atoms with Crippen molar-refractivity contribution >= 4 is 23.6 Å².